The number of hydrogen-bond acceptors (Lipinski definition) is 13. The average Bonchev–Trinajstić information content (AvgIpc) is 3.63. The number of aliphatic hydroxyl groups excluding tert-OH is 8. The quantitative estimate of drug-likeness (QED) is 0.0204. The predicted octanol–water partition coefficient (Wildman–Crippen LogP) is 12.2. The van der Waals surface area contributed by atoms with Crippen LogP contribution in [0.25, 0.3) is 0 Å². The van der Waals surface area contributed by atoms with Crippen molar-refractivity contribution in [2.45, 2.75) is 286 Å². The monoisotopic (exact) mass is 1170 g/mol. The molecule has 474 valence electrons. The highest BCUT2D eigenvalue weighted by Gasteiger charge is 2.51. The molecule has 9 N–H and O–H groups in total. The number of hydrogen-bond donors (Lipinski definition) is 9. The molecule has 2 aliphatic rings. The van der Waals surface area contributed by atoms with Gasteiger partial charge < -0.3 is 65.1 Å². The Morgan fingerprint density at radius 2 is 0.831 bits per heavy atom. The molecule has 83 heavy (non-hydrogen) atoms. The minimum Gasteiger partial charge on any atom is -0.394 e. The van der Waals surface area contributed by atoms with Crippen LogP contribution in [0.1, 0.15) is 213 Å². The third-order valence-electron chi connectivity index (χ3n) is 14.9. The Bertz CT molecular complexity index is 1850. The number of unbranched alkanes of at least 4 members (excludes halogenated alkanes) is 17. The molecule has 0 spiro atoms. The molecule has 2 saturated heterocycles. The Balaban J connectivity index is 1.72. The van der Waals surface area contributed by atoms with Gasteiger partial charge in [0.05, 0.1) is 32.0 Å². The summed E-state index contributed by atoms with van der Waals surface area (Å²) in [7, 11) is 0. The van der Waals surface area contributed by atoms with Crippen LogP contribution in [-0.4, -0.2) is 140 Å². The van der Waals surface area contributed by atoms with Crippen LogP contribution in [0.3, 0.4) is 0 Å². The van der Waals surface area contributed by atoms with Crippen molar-refractivity contribution >= 4 is 5.91 Å². The van der Waals surface area contributed by atoms with Crippen LogP contribution in [0.2, 0.25) is 0 Å². The molecular weight excluding hydrogens is 1050 g/mol. The third kappa shape index (κ3) is 37.5. The van der Waals surface area contributed by atoms with E-state index in [9.17, 15) is 45.6 Å². The van der Waals surface area contributed by atoms with Crippen LogP contribution in [0.5, 0.6) is 0 Å². The van der Waals surface area contributed by atoms with E-state index in [1.165, 1.54) is 77.0 Å². The molecule has 0 aromatic rings. The number of nitrogens with one attached hydrogen (secondary N) is 1. The van der Waals surface area contributed by atoms with Crippen molar-refractivity contribution in [1.82, 2.24) is 5.32 Å². The fraction of sp³-hybridized carbons (Fsp3) is 0.696. The molecule has 0 radical (unpaired) electrons. The van der Waals surface area contributed by atoms with Crippen LogP contribution < -0.4 is 5.32 Å². The first kappa shape index (κ1) is 75.5. The summed E-state index contributed by atoms with van der Waals surface area (Å²) in [5, 5.41) is 87.3. The van der Waals surface area contributed by atoms with E-state index in [1.54, 1.807) is 0 Å². The molecular formula is C69H115NO13. The molecule has 2 aliphatic heterocycles. The van der Waals surface area contributed by atoms with Crippen molar-refractivity contribution < 1.29 is 64.6 Å². The number of carbonyl (C=O) groups excluding carboxylic acids is 1. The van der Waals surface area contributed by atoms with Gasteiger partial charge in [-0.3, -0.25) is 4.79 Å². The van der Waals surface area contributed by atoms with Gasteiger partial charge in [-0.15, -0.1) is 0 Å². The smallest absolute Gasteiger partial charge is 0.220 e. The summed E-state index contributed by atoms with van der Waals surface area (Å²) >= 11 is 0. The summed E-state index contributed by atoms with van der Waals surface area (Å²) < 4.78 is 22.8. The predicted molar refractivity (Wildman–Crippen MR) is 336 cm³/mol. The first-order chi connectivity index (χ1) is 40.6. The number of aliphatic hydroxyl groups is 8. The molecule has 12 atom stereocenters. The van der Waals surface area contributed by atoms with Gasteiger partial charge in [-0.25, -0.2) is 0 Å². The second-order valence-corrected chi connectivity index (χ2v) is 22.2. The van der Waals surface area contributed by atoms with Crippen molar-refractivity contribution in [2.75, 3.05) is 19.8 Å². The van der Waals surface area contributed by atoms with Crippen LogP contribution in [-0.2, 0) is 23.7 Å². The fourth-order valence-electron chi connectivity index (χ4n) is 9.79. The van der Waals surface area contributed by atoms with Gasteiger partial charge in [0.15, 0.2) is 12.6 Å². The van der Waals surface area contributed by atoms with Crippen LogP contribution in [0.15, 0.2) is 122 Å². The number of rotatable bonds is 50. The summed E-state index contributed by atoms with van der Waals surface area (Å²) in [5.41, 5.74) is 0. The highest BCUT2D eigenvalue weighted by molar-refractivity contribution is 5.76. The highest BCUT2D eigenvalue weighted by atomic mass is 16.7. The molecule has 0 aromatic carbocycles. The molecule has 2 heterocycles. The Kier molecular flexibility index (Phi) is 47.9. The van der Waals surface area contributed by atoms with Crippen LogP contribution in [0.4, 0.5) is 0 Å². The van der Waals surface area contributed by atoms with Gasteiger partial charge in [0, 0.05) is 6.42 Å². The minimum absolute atomic E-state index is 0.241. The van der Waals surface area contributed by atoms with E-state index >= 15 is 0 Å². The standard InChI is InChI=1S/C69H115NO13/c1-3-5-7-9-11-13-15-17-19-21-22-23-24-25-26-27-28-29-30-31-32-33-34-35-36-37-39-41-43-45-47-49-51-53-61(74)70-57(58(73)52-50-48-46-44-42-40-38-20-18-16-14-12-10-8-6-4-2)56-80-68-66(79)64(77)67(60(55-72)82-68)83-69-65(78)63(76)62(75)59(54-71)81-69/h5,7,11,13,17,19,22-23,25-26,28-29,31-32,34-35,37,39,43,45,57-60,62-69,71-73,75-79H,3-4,6,8-10,12,14-16,18,20-21,24,27,30,33,36,38,40-42,44,46-56H2,1-2H3,(H,70,74)/b7-5-,13-11-,19-17-,23-22-,26-25-,29-28-,32-31-,35-34-,39-37-,45-43-. The lowest BCUT2D eigenvalue weighted by atomic mass is 9.97. The summed E-state index contributed by atoms with van der Waals surface area (Å²) in [4.78, 5) is 13.3. The summed E-state index contributed by atoms with van der Waals surface area (Å²) in [6.07, 6.45) is 59.1. The summed E-state index contributed by atoms with van der Waals surface area (Å²) in [6.45, 7) is 2.71. The van der Waals surface area contributed by atoms with Gasteiger partial charge in [-0.05, 0) is 89.9 Å². The van der Waals surface area contributed by atoms with Crippen molar-refractivity contribution in [2.24, 2.45) is 0 Å². The summed E-state index contributed by atoms with van der Waals surface area (Å²) in [6, 6.07) is -0.862. The Hall–Kier alpha value is -3.61. The maximum atomic E-state index is 13.3. The van der Waals surface area contributed by atoms with E-state index in [0.717, 1.165) is 103 Å². The van der Waals surface area contributed by atoms with E-state index < -0.39 is 86.8 Å². The second kappa shape index (κ2) is 52.7. The lowest BCUT2D eigenvalue weighted by Crippen LogP contribution is -2.65. The van der Waals surface area contributed by atoms with Gasteiger partial charge in [0.25, 0.3) is 0 Å². The molecule has 0 aromatic heterocycles. The Labute approximate surface area is 501 Å². The molecule has 2 rings (SSSR count). The summed E-state index contributed by atoms with van der Waals surface area (Å²) in [5.74, 6) is -0.253. The van der Waals surface area contributed by atoms with E-state index in [0.29, 0.717) is 12.8 Å². The normalized spacial score (nSPS) is 24.7. The fourth-order valence-corrected chi connectivity index (χ4v) is 9.79. The van der Waals surface area contributed by atoms with Crippen molar-refractivity contribution in [1.29, 1.82) is 0 Å². The number of allylic oxidation sites excluding steroid dienone is 20. The largest absolute Gasteiger partial charge is 0.394 e. The molecule has 0 bridgehead atoms. The number of carbonyl (C=O) groups is 1. The molecule has 0 saturated carbocycles. The van der Waals surface area contributed by atoms with Gasteiger partial charge in [0.1, 0.15) is 48.8 Å². The molecule has 1 amide bonds. The lowest BCUT2D eigenvalue weighted by Gasteiger charge is -2.46. The molecule has 14 nitrogen and oxygen atoms in total. The van der Waals surface area contributed by atoms with E-state index in [-0.39, 0.29) is 18.9 Å². The number of ether oxygens (including phenoxy) is 4. The molecule has 12 unspecified atom stereocenters. The topological polar surface area (TPSA) is 228 Å². The van der Waals surface area contributed by atoms with E-state index in [4.69, 9.17) is 18.9 Å². The van der Waals surface area contributed by atoms with Gasteiger partial charge in [0.2, 0.25) is 5.91 Å². The zero-order valence-electron chi connectivity index (χ0n) is 51.1. The van der Waals surface area contributed by atoms with Gasteiger partial charge in [-0.2, -0.15) is 0 Å². The lowest BCUT2D eigenvalue weighted by molar-refractivity contribution is -0.359. The van der Waals surface area contributed by atoms with Crippen molar-refractivity contribution in [3.8, 4) is 0 Å². The van der Waals surface area contributed by atoms with Crippen molar-refractivity contribution in [3.63, 3.8) is 0 Å². The number of amides is 1. The average molecular weight is 1170 g/mol. The van der Waals surface area contributed by atoms with E-state index in [1.807, 2.05) is 0 Å². The Morgan fingerprint density at radius 3 is 1.25 bits per heavy atom. The SMILES string of the molecule is CC/C=C\C/C=C\C/C=C\C/C=C\C/C=C\C/C=C\C/C=C\C/C=C\C/C=C\C/C=C\CCCCC(=O)NC(COC1OC(CO)C(OC2OC(CO)C(O)C(O)C2O)C(O)C1O)C(O)CCCCCCCCCCCCCCCCCC. The molecule has 0 aliphatic carbocycles. The Morgan fingerprint density at radius 1 is 0.446 bits per heavy atom. The molecule has 2 fully saturated rings. The van der Waals surface area contributed by atoms with Crippen LogP contribution in [0, 0.1) is 0 Å². The highest BCUT2D eigenvalue weighted by Crippen LogP contribution is 2.30. The van der Waals surface area contributed by atoms with Gasteiger partial charge >= 0.3 is 0 Å². The maximum absolute atomic E-state index is 13.3. The van der Waals surface area contributed by atoms with Crippen molar-refractivity contribution in [3.05, 3.63) is 122 Å². The zero-order valence-corrected chi connectivity index (χ0v) is 51.1. The third-order valence-corrected chi connectivity index (χ3v) is 14.9. The first-order valence-electron chi connectivity index (χ1n) is 32.3. The first-order valence-corrected chi connectivity index (χ1v) is 32.3. The maximum Gasteiger partial charge on any atom is 0.220 e. The van der Waals surface area contributed by atoms with Crippen LogP contribution >= 0.6 is 0 Å². The second-order valence-electron chi connectivity index (χ2n) is 22.2. The van der Waals surface area contributed by atoms with Gasteiger partial charge in [-0.1, -0.05) is 238 Å². The zero-order chi connectivity index (χ0) is 60.2. The van der Waals surface area contributed by atoms with E-state index in [2.05, 4.69) is 141 Å². The minimum atomic E-state index is -1.79. The molecule has 14 heteroatoms.